The van der Waals surface area contributed by atoms with Crippen molar-refractivity contribution in [3.8, 4) is 45.0 Å². The Kier molecular flexibility index (Phi) is 22.8. The summed E-state index contributed by atoms with van der Waals surface area (Å²) in [7, 11) is 10.1. The third-order valence-electron chi connectivity index (χ3n) is 23.3. The Balaban J connectivity index is 0.000000120. The second kappa shape index (κ2) is 33.4. The molecule has 18 rings (SSSR count). The van der Waals surface area contributed by atoms with Crippen molar-refractivity contribution in [2.24, 2.45) is 35.5 Å². The largest absolute Gasteiger partial charge is 0.397 e. The number of likely N-dealkylation sites (N-methyl/N-ethyl adjacent to an activating group) is 1. The third kappa shape index (κ3) is 17.7. The first-order valence-corrected chi connectivity index (χ1v) is 38.6. The van der Waals surface area contributed by atoms with E-state index in [0.29, 0.717) is 143 Å². The van der Waals surface area contributed by atoms with Crippen LogP contribution in [0.2, 0.25) is 0 Å². The van der Waals surface area contributed by atoms with Gasteiger partial charge >= 0.3 is 0 Å². The van der Waals surface area contributed by atoms with E-state index in [-0.39, 0.29) is 78.4 Å². The second-order valence-electron chi connectivity index (χ2n) is 31.7. The van der Waals surface area contributed by atoms with Gasteiger partial charge in [-0.3, -0.25) is 53.7 Å². The maximum absolute atomic E-state index is 13.2. The number of halogens is 4. The monoisotopic (exact) mass is 1550 g/mol. The number of nitrogens with two attached hydrogens (primary N) is 4. The number of likely N-dealkylation sites (tertiary alicyclic amines) is 4. The van der Waals surface area contributed by atoms with E-state index >= 15 is 0 Å². The first-order chi connectivity index (χ1) is 54.9. The summed E-state index contributed by atoms with van der Waals surface area (Å²) < 4.78 is 59.8. The molecule has 2 unspecified atom stereocenters. The Morgan fingerprint density at radius 2 is 0.851 bits per heavy atom. The van der Waals surface area contributed by atoms with Gasteiger partial charge in [-0.2, -0.15) is 5.10 Å². The number of nitrogen functional groups attached to an aromatic ring is 4. The van der Waals surface area contributed by atoms with Gasteiger partial charge in [0.1, 0.15) is 29.1 Å². The highest BCUT2D eigenvalue weighted by atomic mass is 19.1. The number of benzene rings is 4. The zero-order valence-electron chi connectivity index (χ0n) is 64.6. The van der Waals surface area contributed by atoms with E-state index in [2.05, 4.69) is 82.5 Å². The summed E-state index contributed by atoms with van der Waals surface area (Å²) >= 11 is 0. The maximum atomic E-state index is 13.2. The number of fused-ring (bicyclic) bond motifs is 4. The van der Waals surface area contributed by atoms with Crippen LogP contribution in [0.1, 0.15) is 50.9 Å². The van der Waals surface area contributed by atoms with Gasteiger partial charge in [0.25, 0.3) is 0 Å². The number of Topliss-reactive ketones (excluding diaryl/α,β-unsaturated/α-hetero) is 1. The Bertz CT molecular complexity index is 5170. The predicted octanol–water partition coefficient (Wildman–Crippen LogP) is 9.51. The molecule has 3 amide bonds. The number of hydrogen-bond donors (Lipinski definition) is 4. The zero-order chi connectivity index (χ0) is 79.8. The van der Waals surface area contributed by atoms with Gasteiger partial charge in [0.2, 0.25) is 17.7 Å². The topological polar surface area (TPSA) is 287 Å². The molecule has 590 valence electrons. The average molecular weight is 1550 g/mol. The lowest BCUT2D eigenvalue weighted by atomic mass is 10.0. The third-order valence-corrected chi connectivity index (χ3v) is 23.3. The van der Waals surface area contributed by atoms with E-state index in [1.807, 2.05) is 28.1 Å². The molecule has 12 heterocycles. The number of carbonyl (C=O) groups is 4. The number of piperidine rings is 2. The van der Waals surface area contributed by atoms with Gasteiger partial charge in [0, 0.05) is 144 Å². The fourth-order valence-corrected chi connectivity index (χ4v) is 16.9. The van der Waals surface area contributed by atoms with Crippen molar-refractivity contribution in [1.29, 1.82) is 0 Å². The van der Waals surface area contributed by atoms with E-state index < -0.39 is 0 Å². The van der Waals surface area contributed by atoms with E-state index in [4.69, 9.17) is 27.7 Å². The predicted molar refractivity (Wildman–Crippen MR) is 427 cm³/mol. The van der Waals surface area contributed by atoms with Crippen LogP contribution in [0, 0.1) is 58.8 Å². The van der Waals surface area contributed by atoms with Gasteiger partial charge in [-0.05, 0) is 215 Å². The SMILES string of the molecule is CN(C)C1[C@H]2CN(C(=O)Cc3nc(-c4ccc(F)cc4)ccc3N)C[C@@H]12.CN1CC(Cn2ncc3c2CN(C(=O)Cc2nc(-c4ccc(F)cc4)ccc2N)C3)C1.CN1CC(N2C[C@@H]3C(C(=O)Cc4nc(-c5ccc(F)cc5)ccc4N)[C@@H]3C2)C1.COCc1cc2c(cn1)CN(C(=O)Cc1nc(-c3ccc(F)cc3)ccc1N)C2. The lowest BCUT2D eigenvalue weighted by Gasteiger charge is -2.42. The van der Waals surface area contributed by atoms with Gasteiger partial charge in [0.15, 0.2) is 0 Å². The summed E-state index contributed by atoms with van der Waals surface area (Å²) in [6.45, 7) is 11.8. The van der Waals surface area contributed by atoms with Crippen molar-refractivity contribution in [2.75, 3.05) is 111 Å². The summed E-state index contributed by atoms with van der Waals surface area (Å²) in [5.74, 6) is 2.12. The van der Waals surface area contributed by atoms with Crippen LogP contribution in [-0.2, 0) is 88.9 Å². The molecule has 8 N–H and O–H groups in total. The molecule has 2 saturated carbocycles. The van der Waals surface area contributed by atoms with Crippen LogP contribution in [0.3, 0.4) is 0 Å². The summed E-state index contributed by atoms with van der Waals surface area (Å²) in [4.78, 5) is 89.1. The van der Waals surface area contributed by atoms with Crippen molar-refractivity contribution in [1.82, 2.24) is 69.0 Å². The molecule has 27 heteroatoms. The number of pyridine rings is 5. The highest BCUT2D eigenvalue weighted by Gasteiger charge is 2.60. The normalized spacial score (nSPS) is 19.9. The van der Waals surface area contributed by atoms with Crippen molar-refractivity contribution in [3.05, 3.63) is 238 Å². The average Bonchev–Trinajstić information content (AvgIpc) is 1.58. The van der Waals surface area contributed by atoms with Gasteiger partial charge in [0.05, 0.1) is 125 Å². The first kappa shape index (κ1) is 77.9. The number of nitrogens with zero attached hydrogens (tertiary/aromatic N) is 14. The summed E-state index contributed by atoms with van der Waals surface area (Å²) in [5.41, 5.74) is 39.7. The van der Waals surface area contributed by atoms with E-state index in [0.717, 1.165) is 109 Å². The summed E-state index contributed by atoms with van der Waals surface area (Å²) in [5, 5.41) is 4.53. The number of amides is 3. The maximum Gasteiger partial charge on any atom is 0.229 e. The second-order valence-corrected chi connectivity index (χ2v) is 31.7. The van der Waals surface area contributed by atoms with Crippen LogP contribution in [0.5, 0.6) is 0 Å². The van der Waals surface area contributed by atoms with Crippen molar-refractivity contribution in [2.45, 2.75) is 77.1 Å². The van der Waals surface area contributed by atoms with E-state index in [1.165, 1.54) is 48.5 Å². The smallest absolute Gasteiger partial charge is 0.229 e. The fraction of sp³-hybridized carbons (Fsp3) is 0.356. The minimum Gasteiger partial charge on any atom is -0.397 e. The number of methoxy groups -OCH3 is 1. The molecule has 114 heavy (non-hydrogen) atoms. The van der Waals surface area contributed by atoms with Crippen LogP contribution in [-0.4, -0.2) is 192 Å². The van der Waals surface area contributed by atoms with Crippen LogP contribution in [0.4, 0.5) is 40.3 Å². The number of aromatic nitrogens is 7. The Labute approximate surface area is 659 Å². The lowest BCUT2D eigenvalue weighted by molar-refractivity contribution is -0.131. The van der Waals surface area contributed by atoms with Crippen molar-refractivity contribution in [3.63, 3.8) is 0 Å². The van der Waals surface area contributed by atoms with E-state index in [9.17, 15) is 36.7 Å². The Hall–Kier alpha value is -11.4. The van der Waals surface area contributed by atoms with Crippen LogP contribution >= 0.6 is 0 Å². The van der Waals surface area contributed by atoms with Gasteiger partial charge in [-0.25, -0.2) is 17.6 Å². The minimum atomic E-state index is -0.309. The first-order valence-electron chi connectivity index (χ1n) is 38.6. The number of hydrogen-bond acceptors (Lipinski definition) is 19. The molecule has 4 aromatic carbocycles. The lowest BCUT2D eigenvalue weighted by Crippen LogP contribution is -2.57. The molecule has 0 bridgehead atoms. The number of carbonyl (C=O) groups excluding carboxylic acids is 4. The quantitative estimate of drug-likeness (QED) is 0.0548. The Morgan fingerprint density at radius 1 is 0.456 bits per heavy atom. The molecule has 0 radical (unpaired) electrons. The summed E-state index contributed by atoms with van der Waals surface area (Å²) in [6.07, 6.45) is 4.41. The molecule has 23 nitrogen and oxygen atoms in total. The molecule has 6 aromatic heterocycles. The van der Waals surface area contributed by atoms with Crippen LogP contribution in [0.25, 0.3) is 45.0 Å². The van der Waals surface area contributed by atoms with Gasteiger partial charge < -0.3 is 57.1 Å². The minimum absolute atomic E-state index is 0.0124. The zero-order valence-corrected chi connectivity index (χ0v) is 64.6. The molecule has 4 saturated heterocycles. The van der Waals surface area contributed by atoms with Crippen LogP contribution < -0.4 is 22.9 Å². The highest BCUT2D eigenvalue weighted by Crippen LogP contribution is 2.54. The number of ketones is 1. The van der Waals surface area contributed by atoms with Gasteiger partial charge in [-0.1, -0.05) is 0 Å². The molecule has 8 aliphatic rings. The van der Waals surface area contributed by atoms with Gasteiger partial charge in [-0.15, -0.1) is 0 Å². The molecule has 6 fully saturated rings. The molecule has 2 aliphatic carbocycles. The van der Waals surface area contributed by atoms with Crippen molar-refractivity contribution < 1.29 is 41.5 Å². The number of anilines is 4. The number of ether oxygens (including phenoxy) is 1. The Morgan fingerprint density at radius 3 is 1.26 bits per heavy atom. The number of rotatable bonds is 19. The molecule has 0 spiro atoms. The van der Waals surface area contributed by atoms with Crippen molar-refractivity contribution >= 4 is 46.3 Å². The molecule has 10 aromatic rings. The highest BCUT2D eigenvalue weighted by molar-refractivity contribution is 5.88. The van der Waals surface area contributed by atoms with E-state index in [1.54, 1.807) is 109 Å². The molecule has 6 aliphatic heterocycles. The van der Waals surface area contributed by atoms with Crippen LogP contribution in [0.15, 0.2) is 164 Å². The summed E-state index contributed by atoms with van der Waals surface area (Å²) in [6, 6.07) is 42.0. The molecular formula is C87H94F4N18O5. The fourth-order valence-electron chi connectivity index (χ4n) is 16.9. The molecule has 6 atom stereocenters. The standard InChI is InChI=1S/C23H25FN6O.C22H21FN4O2.C22H25FN4O.C20H23FN4O/c1-28-10-15(11-28)12-30-22-14-29(13-17(22)9-26-30)23(31)8-21-19(25)6-7-20(27-21)16-2-4-18(24)5-3-16;1-29-13-18-8-15-11-27(12-16(15)10-25-18)22(28)9-21-19(24)6-7-20(26-21)14-2-4-17(23)5-3-14;1-26-9-15(10-26)27-11-16-17(12-27)22(16)21(28)8-20-18(24)6-7-19(25-20)13-2-4-14(23)5-3-13;1-24(2)20-14-10-25(11-15(14)20)19(26)9-18-16(22)7-8-17(23-18)12-3-5-13(21)6-4-12/h2-7,9,15H,8,10-14,25H2,1H3;2-8,10H,9,11-13,24H2,1H3;2-7,15-17,22H,8-12,24H2,1H3;3-8,14-15,20H,9-11,22H2,1-2H3/t;;16-,17+,22?;14-,15+,20?. The molecular weight excluding hydrogens is 1450 g/mol.